The van der Waals surface area contributed by atoms with E-state index in [4.69, 9.17) is 9.97 Å². The summed E-state index contributed by atoms with van der Waals surface area (Å²) in [7, 11) is 0. The summed E-state index contributed by atoms with van der Waals surface area (Å²) in [5.74, 6) is 0. The van der Waals surface area contributed by atoms with Gasteiger partial charge < -0.3 is 9.80 Å². The summed E-state index contributed by atoms with van der Waals surface area (Å²) in [5, 5.41) is 6.86. The van der Waals surface area contributed by atoms with Crippen LogP contribution in [0.3, 0.4) is 0 Å². The average Bonchev–Trinajstić information content (AvgIpc) is 3.34. The lowest BCUT2D eigenvalue weighted by Crippen LogP contribution is -2.30. The van der Waals surface area contributed by atoms with Crippen molar-refractivity contribution in [1.82, 2.24) is 9.97 Å². The van der Waals surface area contributed by atoms with Crippen molar-refractivity contribution in [1.29, 1.82) is 0 Å². The molecule has 2 aliphatic rings. The number of aromatic nitrogens is 2. The normalized spacial score (nSPS) is 19.4. The smallest absolute Gasteiger partial charge is 0.185 e. The molecule has 0 N–H and O–H groups in total. The number of rotatable bonds is 4. The van der Waals surface area contributed by atoms with Crippen molar-refractivity contribution >= 4 is 32.9 Å². The van der Waals surface area contributed by atoms with E-state index in [2.05, 4.69) is 34.4 Å². The maximum absolute atomic E-state index is 5.00. The molecular formula is C19H28N4S2. The highest BCUT2D eigenvalue weighted by Crippen LogP contribution is 2.37. The zero-order chi connectivity index (χ0) is 17.3. The van der Waals surface area contributed by atoms with Crippen LogP contribution in [0.5, 0.6) is 0 Å². The van der Waals surface area contributed by atoms with E-state index >= 15 is 0 Å². The second-order valence-electron chi connectivity index (χ2n) is 7.75. The van der Waals surface area contributed by atoms with Crippen molar-refractivity contribution in [2.45, 2.75) is 57.8 Å². The van der Waals surface area contributed by atoms with Gasteiger partial charge in [0.1, 0.15) is 0 Å². The lowest BCUT2D eigenvalue weighted by molar-refractivity contribution is 0.565. The van der Waals surface area contributed by atoms with Gasteiger partial charge in [0, 0.05) is 36.9 Å². The summed E-state index contributed by atoms with van der Waals surface area (Å²) in [4.78, 5) is 14.9. The van der Waals surface area contributed by atoms with E-state index in [-0.39, 0.29) is 5.41 Å². The van der Waals surface area contributed by atoms with Gasteiger partial charge in [0.2, 0.25) is 0 Å². The van der Waals surface area contributed by atoms with Gasteiger partial charge in [0.15, 0.2) is 10.3 Å². The zero-order valence-electron chi connectivity index (χ0n) is 15.3. The number of piperidine rings is 2. The molecule has 2 aromatic rings. The summed E-state index contributed by atoms with van der Waals surface area (Å²) >= 11 is 3.59. The third-order valence-electron chi connectivity index (χ3n) is 5.52. The number of hydrogen-bond acceptors (Lipinski definition) is 6. The van der Waals surface area contributed by atoms with Crippen LogP contribution in [0.2, 0.25) is 0 Å². The van der Waals surface area contributed by atoms with Gasteiger partial charge in [-0.1, -0.05) is 0 Å². The summed E-state index contributed by atoms with van der Waals surface area (Å²) in [5.41, 5.74) is 2.19. The van der Waals surface area contributed by atoms with Crippen LogP contribution in [0, 0.1) is 0 Å². The molecule has 0 bridgehead atoms. The molecule has 0 unspecified atom stereocenters. The highest BCUT2D eigenvalue weighted by molar-refractivity contribution is 7.14. The van der Waals surface area contributed by atoms with Crippen molar-refractivity contribution in [3.8, 4) is 0 Å². The molecule has 0 spiro atoms. The van der Waals surface area contributed by atoms with E-state index in [1.807, 2.05) is 0 Å². The van der Waals surface area contributed by atoms with Gasteiger partial charge in [-0.05, 0) is 52.4 Å². The first-order valence-electron chi connectivity index (χ1n) is 9.56. The Balaban J connectivity index is 1.53. The molecular weight excluding hydrogens is 348 g/mol. The third-order valence-corrected chi connectivity index (χ3v) is 7.32. The number of hydrogen-bond donors (Lipinski definition) is 0. The third kappa shape index (κ3) is 3.56. The summed E-state index contributed by atoms with van der Waals surface area (Å²) in [6, 6.07) is 0. The molecule has 2 saturated heterocycles. The van der Waals surface area contributed by atoms with E-state index in [1.54, 1.807) is 22.7 Å². The monoisotopic (exact) mass is 376 g/mol. The van der Waals surface area contributed by atoms with E-state index in [1.165, 1.54) is 48.8 Å². The molecule has 136 valence electrons. The van der Waals surface area contributed by atoms with Gasteiger partial charge >= 0.3 is 0 Å². The first-order valence-corrected chi connectivity index (χ1v) is 11.3. The molecule has 25 heavy (non-hydrogen) atoms. The van der Waals surface area contributed by atoms with Crippen LogP contribution in [-0.4, -0.2) is 36.1 Å². The molecule has 0 radical (unpaired) electrons. The number of thiazole rings is 2. The molecule has 0 aromatic carbocycles. The summed E-state index contributed by atoms with van der Waals surface area (Å²) in [6.07, 6.45) is 7.90. The Morgan fingerprint density at radius 1 is 0.720 bits per heavy atom. The maximum atomic E-state index is 5.00. The fourth-order valence-electron chi connectivity index (χ4n) is 3.69. The predicted octanol–water partition coefficient (Wildman–Crippen LogP) is 4.91. The van der Waals surface area contributed by atoms with Crippen molar-refractivity contribution in [3.05, 3.63) is 22.1 Å². The van der Waals surface area contributed by atoms with Crippen molar-refractivity contribution in [2.24, 2.45) is 0 Å². The van der Waals surface area contributed by atoms with Crippen LogP contribution in [0.4, 0.5) is 10.3 Å². The number of anilines is 2. The predicted molar refractivity (Wildman–Crippen MR) is 108 cm³/mol. The number of nitrogens with zero attached hydrogens (tertiary/aromatic N) is 4. The Morgan fingerprint density at radius 3 is 1.52 bits per heavy atom. The first kappa shape index (κ1) is 17.3. The highest BCUT2D eigenvalue weighted by Gasteiger charge is 2.30. The lowest BCUT2D eigenvalue weighted by atomic mass is 9.87. The van der Waals surface area contributed by atoms with E-state index < -0.39 is 0 Å². The molecule has 4 rings (SSSR count). The van der Waals surface area contributed by atoms with E-state index in [0.29, 0.717) is 0 Å². The largest absolute Gasteiger partial charge is 0.348 e. The van der Waals surface area contributed by atoms with Crippen molar-refractivity contribution in [2.75, 3.05) is 36.0 Å². The molecule has 2 aliphatic heterocycles. The van der Waals surface area contributed by atoms with Crippen molar-refractivity contribution < 1.29 is 0 Å². The Labute approximate surface area is 158 Å². The van der Waals surface area contributed by atoms with Crippen LogP contribution in [-0.2, 0) is 5.41 Å². The Hall–Kier alpha value is -1.14. The fourth-order valence-corrected chi connectivity index (χ4v) is 5.79. The molecule has 0 amide bonds. The SMILES string of the molecule is CC(C)(c1csc(N2CCCCC2)n1)c1csc(N2CCCCC2)n1. The van der Waals surface area contributed by atoms with Crippen LogP contribution in [0.25, 0.3) is 0 Å². The lowest BCUT2D eigenvalue weighted by Gasteiger charge is -2.27. The first-order chi connectivity index (χ1) is 12.1. The van der Waals surface area contributed by atoms with E-state index in [9.17, 15) is 0 Å². The minimum atomic E-state index is -0.130. The van der Waals surface area contributed by atoms with Gasteiger partial charge in [-0.2, -0.15) is 0 Å². The highest BCUT2D eigenvalue weighted by atomic mass is 32.1. The molecule has 6 heteroatoms. The molecule has 2 aromatic heterocycles. The fraction of sp³-hybridized carbons (Fsp3) is 0.684. The van der Waals surface area contributed by atoms with Crippen LogP contribution in [0.15, 0.2) is 10.8 Å². The minimum Gasteiger partial charge on any atom is -0.348 e. The average molecular weight is 377 g/mol. The molecule has 2 fully saturated rings. The van der Waals surface area contributed by atoms with Gasteiger partial charge in [-0.15, -0.1) is 22.7 Å². The maximum Gasteiger partial charge on any atom is 0.185 e. The Kier molecular flexibility index (Phi) is 5.00. The second kappa shape index (κ2) is 7.23. The summed E-state index contributed by atoms with van der Waals surface area (Å²) < 4.78 is 0. The Morgan fingerprint density at radius 2 is 1.12 bits per heavy atom. The summed E-state index contributed by atoms with van der Waals surface area (Å²) in [6.45, 7) is 9.15. The topological polar surface area (TPSA) is 32.3 Å². The second-order valence-corrected chi connectivity index (χ2v) is 9.42. The van der Waals surface area contributed by atoms with E-state index in [0.717, 1.165) is 37.6 Å². The van der Waals surface area contributed by atoms with Gasteiger partial charge in [-0.3, -0.25) is 0 Å². The van der Waals surface area contributed by atoms with Gasteiger partial charge in [0.05, 0.1) is 16.8 Å². The van der Waals surface area contributed by atoms with Crippen molar-refractivity contribution in [3.63, 3.8) is 0 Å². The standard InChI is InChI=1S/C19H28N4S2/c1-19(2,15-13-24-17(20-15)22-9-5-3-6-10-22)16-14-25-18(21-16)23-11-7-4-8-12-23/h13-14H,3-12H2,1-2H3. The zero-order valence-corrected chi connectivity index (χ0v) is 17.0. The Bertz CT molecular complexity index is 636. The van der Waals surface area contributed by atoms with Gasteiger partial charge in [-0.25, -0.2) is 9.97 Å². The minimum absolute atomic E-state index is 0.130. The molecule has 0 saturated carbocycles. The molecule has 4 nitrogen and oxygen atoms in total. The molecule has 0 aliphatic carbocycles. The van der Waals surface area contributed by atoms with Gasteiger partial charge in [0.25, 0.3) is 0 Å². The molecule has 4 heterocycles. The van der Waals surface area contributed by atoms with Crippen LogP contribution < -0.4 is 9.80 Å². The van der Waals surface area contributed by atoms with Crippen LogP contribution >= 0.6 is 22.7 Å². The van der Waals surface area contributed by atoms with Crippen LogP contribution in [0.1, 0.15) is 63.8 Å². The molecule has 0 atom stereocenters. The quantitative estimate of drug-likeness (QED) is 0.759.